The summed E-state index contributed by atoms with van der Waals surface area (Å²) in [5.74, 6) is 0. The summed E-state index contributed by atoms with van der Waals surface area (Å²) in [5, 5.41) is 18.2. The number of pyridine rings is 1. The maximum atomic E-state index is 13.3. The predicted octanol–water partition coefficient (Wildman–Crippen LogP) is 4.81. The van der Waals surface area contributed by atoms with E-state index in [4.69, 9.17) is 5.41 Å². The number of nitrogens with one attached hydrogen (secondary N) is 1. The molecule has 2 heterocycles. The molecule has 1 aromatic heterocycles. The lowest BCUT2D eigenvalue weighted by atomic mass is 9.99. The highest BCUT2D eigenvalue weighted by Crippen LogP contribution is 2.39. The van der Waals surface area contributed by atoms with E-state index in [-0.39, 0.29) is 17.5 Å². The summed E-state index contributed by atoms with van der Waals surface area (Å²) in [5.41, 5.74) is -3.27. The second-order valence-electron chi connectivity index (χ2n) is 7.07. The quantitative estimate of drug-likeness (QED) is 0.702. The van der Waals surface area contributed by atoms with Crippen molar-refractivity contribution in [1.29, 1.82) is 5.41 Å². The van der Waals surface area contributed by atoms with Crippen LogP contribution in [0.3, 0.4) is 0 Å². The highest BCUT2D eigenvalue weighted by molar-refractivity contribution is 5.86. The molecule has 1 atom stereocenters. The minimum absolute atomic E-state index is 0.0417. The van der Waals surface area contributed by atoms with Crippen LogP contribution < -0.4 is 0 Å². The molecular formula is C19H19F6N3O. The van der Waals surface area contributed by atoms with Gasteiger partial charge in [-0.15, -0.1) is 0 Å². The second-order valence-corrected chi connectivity index (χ2v) is 7.07. The first-order valence-corrected chi connectivity index (χ1v) is 9.01. The van der Waals surface area contributed by atoms with Gasteiger partial charge < -0.3 is 15.4 Å². The van der Waals surface area contributed by atoms with Crippen molar-refractivity contribution < 1.29 is 31.4 Å². The molecule has 0 radical (unpaired) electrons. The van der Waals surface area contributed by atoms with E-state index >= 15 is 0 Å². The number of hydrogen-bond acceptors (Lipinski definition) is 4. The summed E-state index contributed by atoms with van der Waals surface area (Å²) in [6.45, 7) is 0.959. The van der Waals surface area contributed by atoms with Crippen LogP contribution in [0, 0.1) is 5.41 Å². The van der Waals surface area contributed by atoms with Crippen LogP contribution in [0.25, 0.3) is 10.9 Å². The number of β-amino-alcohol motifs (C(OH)–C–C–N with tert-alkyl or cyclic N) is 1. The van der Waals surface area contributed by atoms with Crippen molar-refractivity contribution in [2.75, 3.05) is 19.6 Å². The first-order valence-electron chi connectivity index (χ1n) is 9.01. The van der Waals surface area contributed by atoms with Gasteiger partial charge in [-0.25, -0.2) is 4.98 Å². The van der Waals surface area contributed by atoms with E-state index in [1.54, 1.807) is 4.90 Å². The molecule has 1 unspecified atom stereocenters. The average Bonchev–Trinajstić information content (AvgIpc) is 2.82. The molecule has 158 valence electrons. The van der Waals surface area contributed by atoms with Gasteiger partial charge >= 0.3 is 12.4 Å². The molecule has 1 saturated heterocycles. The van der Waals surface area contributed by atoms with Crippen molar-refractivity contribution in [3.8, 4) is 0 Å². The van der Waals surface area contributed by atoms with Gasteiger partial charge in [-0.2, -0.15) is 26.3 Å². The van der Waals surface area contributed by atoms with Crippen molar-refractivity contribution in [3.05, 3.63) is 41.1 Å². The zero-order valence-corrected chi connectivity index (χ0v) is 15.2. The molecule has 1 aliphatic heterocycles. The summed E-state index contributed by atoms with van der Waals surface area (Å²) in [7, 11) is 0. The number of aliphatic hydroxyl groups excluding tert-OH is 1. The van der Waals surface area contributed by atoms with Crippen molar-refractivity contribution in [2.24, 2.45) is 0 Å². The molecule has 0 amide bonds. The number of likely N-dealkylation sites (tertiary alicyclic amines) is 1. The fourth-order valence-electron chi connectivity index (χ4n) is 3.50. The van der Waals surface area contributed by atoms with Gasteiger partial charge in [0, 0.05) is 24.2 Å². The highest BCUT2D eigenvalue weighted by Gasteiger charge is 2.38. The van der Waals surface area contributed by atoms with Gasteiger partial charge in [0.15, 0.2) is 0 Å². The van der Waals surface area contributed by atoms with Crippen LogP contribution in [-0.4, -0.2) is 40.3 Å². The second kappa shape index (κ2) is 7.91. The molecule has 0 bridgehead atoms. The van der Waals surface area contributed by atoms with E-state index in [0.717, 1.165) is 6.07 Å². The van der Waals surface area contributed by atoms with Gasteiger partial charge in [0.1, 0.15) is 5.69 Å². The van der Waals surface area contributed by atoms with Gasteiger partial charge in [0.25, 0.3) is 0 Å². The Kier molecular flexibility index (Phi) is 5.86. The topological polar surface area (TPSA) is 60.2 Å². The Balaban J connectivity index is 2.06. The summed E-state index contributed by atoms with van der Waals surface area (Å²) in [6, 6.07) is 3.61. The van der Waals surface area contributed by atoms with E-state index in [1.165, 1.54) is 6.07 Å². The highest BCUT2D eigenvalue weighted by atomic mass is 19.4. The third-order valence-electron chi connectivity index (χ3n) is 4.94. The summed E-state index contributed by atoms with van der Waals surface area (Å²) < 4.78 is 79.8. The molecule has 1 aromatic carbocycles. The van der Waals surface area contributed by atoms with Gasteiger partial charge in [-0.3, -0.25) is 0 Å². The Labute approximate surface area is 162 Å². The van der Waals surface area contributed by atoms with Gasteiger partial charge in [0.05, 0.1) is 17.2 Å². The third-order valence-corrected chi connectivity index (χ3v) is 4.94. The first kappa shape index (κ1) is 21.5. The fourth-order valence-corrected chi connectivity index (χ4v) is 3.50. The minimum Gasteiger partial charge on any atom is -0.387 e. The number of nitrogens with zero attached hydrogens (tertiary/aromatic N) is 2. The summed E-state index contributed by atoms with van der Waals surface area (Å²) in [4.78, 5) is 5.03. The van der Waals surface area contributed by atoms with Crippen LogP contribution >= 0.6 is 0 Å². The number of para-hydroxylation sites is 1. The smallest absolute Gasteiger partial charge is 0.387 e. The monoisotopic (exact) mass is 419 g/mol. The number of halogens is 6. The molecule has 29 heavy (non-hydrogen) atoms. The number of fused-ring (bicyclic) bond motifs is 1. The molecule has 3 rings (SSSR count). The fraction of sp³-hybridized carbons (Fsp3) is 0.474. The van der Waals surface area contributed by atoms with Crippen LogP contribution in [0.5, 0.6) is 0 Å². The molecular weight excluding hydrogens is 400 g/mol. The predicted molar refractivity (Wildman–Crippen MR) is 94.7 cm³/mol. The lowest BCUT2D eigenvalue weighted by Crippen LogP contribution is -2.30. The van der Waals surface area contributed by atoms with Crippen molar-refractivity contribution in [2.45, 2.75) is 37.7 Å². The molecule has 1 aliphatic rings. The number of benzene rings is 1. The Morgan fingerprint density at radius 3 is 2.45 bits per heavy atom. The lowest BCUT2D eigenvalue weighted by Gasteiger charge is -2.25. The molecule has 1 fully saturated rings. The summed E-state index contributed by atoms with van der Waals surface area (Å²) in [6.07, 6.45) is -9.51. The molecule has 10 heteroatoms. The molecule has 2 N–H and O–H groups in total. The van der Waals surface area contributed by atoms with Crippen LogP contribution in [0.1, 0.15) is 42.2 Å². The van der Waals surface area contributed by atoms with Crippen LogP contribution in [-0.2, 0) is 12.4 Å². The van der Waals surface area contributed by atoms with Crippen LogP contribution in [0.15, 0.2) is 24.3 Å². The van der Waals surface area contributed by atoms with E-state index in [1.807, 2.05) is 0 Å². The molecule has 0 saturated carbocycles. The largest absolute Gasteiger partial charge is 0.433 e. The first-order chi connectivity index (χ1) is 13.5. The number of aromatic nitrogens is 1. The van der Waals surface area contributed by atoms with E-state index < -0.39 is 35.2 Å². The van der Waals surface area contributed by atoms with Gasteiger partial charge in [-0.1, -0.05) is 12.1 Å². The maximum absolute atomic E-state index is 13.3. The Morgan fingerprint density at radius 2 is 1.79 bits per heavy atom. The number of hydrogen-bond donors (Lipinski definition) is 2. The Morgan fingerprint density at radius 1 is 1.07 bits per heavy atom. The van der Waals surface area contributed by atoms with E-state index in [0.29, 0.717) is 50.2 Å². The number of alkyl halides is 6. The minimum atomic E-state index is -4.96. The molecule has 4 nitrogen and oxygen atoms in total. The maximum Gasteiger partial charge on any atom is 0.433 e. The number of aliphatic hydroxyl groups is 1. The van der Waals surface area contributed by atoms with Crippen molar-refractivity contribution in [1.82, 2.24) is 9.88 Å². The average molecular weight is 419 g/mol. The summed E-state index contributed by atoms with van der Waals surface area (Å²) >= 11 is 0. The molecule has 2 aromatic rings. The third kappa shape index (κ3) is 4.87. The van der Waals surface area contributed by atoms with Crippen LogP contribution in [0.2, 0.25) is 0 Å². The number of rotatable bonds is 3. The lowest BCUT2D eigenvalue weighted by molar-refractivity contribution is -0.142. The zero-order chi connectivity index (χ0) is 21.4. The molecule has 0 spiro atoms. The van der Waals surface area contributed by atoms with Gasteiger partial charge in [-0.05, 0) is 43.5 Å². The van der Waals surface area contributed by atoms with Crippen molar-refractivity contribution in [3.63, 3.8) is 0 Å². The Bertz CT molecular complexity index is 909. The SMILES string of the molecule is N=C1CCCN(CC(O)c2cc(C(F)(F)F)nc3c(C(F)(F)F)cccc23)CC1. The van der Waals surface area contributed by atoms with Gasteiger partial charge in [0.2, 0.25) is 0 Å². The normalized spacial score (nSPS) is 18.1. The van der Waals surface area contributed by atoms with Crippen LogP contribution in [0.4, 0.5) is 26.3 Å². The van der Waals surface area contributed by atoms with E-state index in [9.17, 15) is 31.4 Å². The molecule has 0 aliphatic carbocycles. The Hall–Kier alpha value is -2.20. The van der Waals surface area contributed by atoms with Crippen molar-refractivity contribution >= 4 is 16.6 Å². The zero-order valence-electron chi connectivity index (χ0n) is 15.2. The standard InChI is InChI=1S/C19H19F6N3O/c20-18(21,22)14-5-1-4-12-13(9-16(19(23,24)25)27-17(12)14)15(29)10-28-7-2-3-11(26)6-8-28/h1,4-5,9,15,26,29H,2-3,6-8,10H2. The van der Waals surface area contributed by atoms with E-state index in [2.05, 4.69) is 4.98 Å².